The standard InChI is InChI=1S/C9H18N2O4S/c1-9(2,3)8(12)15-16(13,14)7-6-10-4-5-11-7/h7,10-11H,4-6H2,1-3H3. The van der Waals surface area contributed by atoms with Crippen LogP contribution in [0.2, 0.25) is 0 Å². The number of hydrogen-bond donors (Lipinski definition) is 2. The molecular weight excluding hydrogens is 232 g/mol. The lowest BCUT2D eigenvalue weighted by Gasteiger charge is -2.25. The molecule has 0 saturated carbocycles. The van der Waals surface area contributed by atoms with Gasteiger partial charge in [0.2, 0.25) is 0 Å². The molecule has 0 aliphatic carbocycles. The Hall–Kier alpha value is -0.660. The van der Waals surface area contributed by atoms with Crippen molar-refractivity contribution in [1.29, 1.82) is 0 Å². The summed E-state index contributed by atoms with van der Waals surface area (Å²) in [5.74, 6) is -0.736. The van der Waals surface area contributed by atoms with Crippen LogP contribution in [0.1, 0.15) is 20.8 Å². The monoisotopic (exact) mass is 250 g/mol. The minimum atomic E-state index is -3.89. The number of rotatable bonds is 2. The predicted molar refractivity (Wildman–Crippen MR) is 59.1 cm³/mol. The summed E-state index contributed by atoms with van der Waals surface area (Å²) >= 11 is 0. The Bertz CT molecular complexity index is 352. The summed E-state index contributed by atoms with van der Waals surface area (Å²) in [6.07, 6.45) is 0. The molecule has 1 aliphatic rings. The fourth-order valence-corrected chi connectivity index (χ4v) is 2.34. The Balaban J connectivity index is 2.68. The average Bonchev–Trinajstić information content (AvgIpc) is 2.17. The van der Waals surface area contributed by atoms with Crippen molar-refractivity contribution < 1.29 is 17.4 Å². The maximum Gasteiger partial charge on any atom is 0.329 e. The Morgan fingerprint density at radius 1 is 1.31 bits per heavy atom. The number of carbonyl (C=O) groups is 1. The van der Waals surface area contributed by atoms with Crippen LogP contribution in [0.25, 0.3) is 0 Å². The molecule has 0 amide bonds. The van der Waals surface area contributed by atoms with Crippen LogP contribution in [0.15, 0.2) is 0 Å². The van der Waals surface area contributed by atoms with E-state index in [9.17, 15) is 13.2 Å². The molecular formula is C9H18N2O4S. The van der Waals surface area contributed by atoms with E-state index in [1.54, 1.807) is 20.8 Å². The van der Waals surface area contributed by atoms with E-state index in [-0.39, 0.29) is 6.54 Å². The van der Waals surface area contributed by atoms with Crippen molar-refractivity contribution >= 4 is 16.1 Å². The normalized spacial score (nSPS) is 22.8. The van der Waals surface area contributed by atoms with Crippen LogP contribution in [0.5, 0.6) is 0 Å². The summed E-state index contributed by atoms with van der Waals surface area (Å²) in [6.45, 7) is 6.32. The SMILES string of the molecule is CC(C)(C)C(=O)OS(=O)(=O)C1CNCCN1. The molecule has 0 bridgehead atoms. The van der Waals surface area contributed by atoms with Crippen LogP contribution >= 0.6 is 0 Å². The first-order valence-electron chi connectivity index (χ1n) is 5.15. The maximum atomic E-state index is 11.7. The minimum Gasteiger partial charge on any atom is -0.344 e. The molecule has 0 radical (unpaired) electrons. The van der Waals surface area contributed by atoms with Crippen LogP contribution in [0, 0.1) is 5.41 Å². The first-order chi connectivity index (χ1) is 7.23. The summed E-state index contributed by atoms with van der Waals surface area (Å²) in [7, 11) is -3.89. The lowest BCUT2D eigenvalue weighted by Crippen LogP contribution is -2.53. The molecule has 1 heterocycles. The van der Waals surface area contributed by atoms with E-state index in [2.05, 4.69) is 14.8 Å². The molecule has 94 valence electrons. The Kier molecular flexibility index (Phi) is 3.92. The molecule has 0 aromatic rings. The second-order valence-corrected chi connectivity index (χ2v) is 6.48. The minimum absolute atomic E-state index is 0.250. The molecule has 2 N–H and O–H groups in total. The lowest BCUT2D eigenvalue weighted by molar-refractivity contribution is -0.142. The van der Waals surface area contributed by atoms with Crippen molar-refractivity contribution in [3.8, 4) is 0 Å². The number of nitrogens with one attached hydrogen (secondary N) is 2. The van der Waals surface area contributed by atoms with E-state index in [0.29, 0.717) is 13.1 Å². The van der Waals surface area contributed by atoms with Gasteiger partial charge in [-0.25, -0.2) is 0 Å². The third kappa shape index (κ3) is 3.43. The van der Waals surface area contributed by atoms with Gasteiger partial charge in [-0.2, -0.15) is 8.42 Å². The Labute approximate surface area is 95.9 Å². The molecule has 0 aromatic carbocycles. The summed E-state index contributed by atoms with van der Waals surface area (Å²) in [5.41, 5.74) is -0.824. The molecule has 0 aromatic heterocycles. The van der Waals surface area contributed by atoms with E-state index >= 15 is 0 Å². The second-order valence-electron chi connectivity index (χ2n) is 4.76. The highest BCUT2D eigenvalue weighted by atomic mass is 32.2. The van der Waals surface area contributed by atoms with Crippen molar-refractivity contribution in [2.24, 2.45) is 5.41 Å². The van der Waals surface area contributed by atoms with Gasteiger partial charge >= 0.3 is 16.1 Å². The van der Waals surface area contributed by atoms with Crippen molar-refractivity contribution in [1.82, 2.24) is 10.6 Å². The molecule has 6 nitrogen and oxygen atoms in total. The topological polar surface area (TPSA) is 84.5 Å². The van der Waals surface area contributed by atoms with Crippen molar-refractivity contribution in [2.45, 2.75) is 26.1 Å². The highest BCUT2D eigenvalue weighted by Gasteiger charge is 2.34. The van der Waals surface area contributed by atoms with Crippen molar-refractivity contribution in [3.05, 3.63) is 0 Å². The molecule has 1 aliphatic heterocycles. The van der Waals surface area contributed by atoms with Gasteiger partial charge in [-0.1, -0.05) is 0 Å². The van der Waals surface area contributed by atoms with Gasteiger partial charge in [-0.15, -0.1) is 0 Å². The fraction of sp³-hybridized carbons (Fsp3) is 0.889. The summed E-state index contributed by atoms with van der Waals surface area (Å²) < 4.78 is 28.0. The first-order valence-corrected chi connectivity index (χ1v) is 6.62. The van der Waals surface area contributed by atoms with Crippen molar-refractivity contribution in [3.63, 3.8) is 0 Å². The number of hydrogen-bond acceptors (Lipinski definition) is 6. The predicted octanol–water partition coefficient (Wildman–Crippen LogP) is -0.576. The molecule has 1 atom stereocenters. The zero-order valence-corrected chi connectivity index (χ0v) is 10.6. The molecule has 16 heavy (non-hydrogen) atoms. The highest BCUT2D eigenvalue weighted by molar-refractivity contribution is 7.87. The smallest absolute Gasteiger partial charge is 0.329 e. The van der Waals surface area contributed by atoms with Gasteiger partial charge in [0, 0.05) is 19.6 Å². The van der Waals surface area contributed by atoms with Gasteiger partial charge < -0.3 is 9.50 Å². The Morgan fingerprint density at radius 3 is 2.38 bits per heavy atom. The summed E-state index contributed by atoms with van der Waals surface area (Å²) in [4.78, 5) is 11.5. The third-order valence-electron chi connectivity index (χ3n) is 2.16. The van der Waals surface area contributed by atoms with Crippen LogP contribution in [-0.2, 0) is 19.1 Å². The largest absolute Gasteiger partial charge is 0.344 e. The third-order valence-corrected chi connectivity index (χ3v) is 3.57. The van der Waals surface area contributed by atoms with E-state index < -0.39 is 26.9 Å². The van der Waals surface area contributed by atoms with E-state index in [1.807, 2.05) is 0 Å². The van der Waals surface area contributed by atoms with Gasteiger partial charge in [-0.3, -0.25) is 10.1 Å². The molecule has 7 heteroatoms. The molecule has 1 fully saturated rings. The second kappa shape index (κ2) is 4.68. The van der Waals surface area contributed by atoms with Crippen LogP contribution in [0.4, 0.5) is 0 Å². The Morgan fingerprint density at radius 2 is 1.94 bits per heavy atom. The first kappa shape index (κ1) is 13.4. The van der Waals surface area contributed by atoms with Crippen LogP contribution in [-0.4, -0.2) is 39.4 Å². The van der Waals surface area contributed by atoms with Crippen LogP contribution < -0.4 is 10.6 Å². The quantitative estimate of drug-likeness (QED) is 0.638. The van der Waals surface area contributed by atoms with Crippen LogP contribution in [0.3, 0.4) is 0 Å². The zero-order valence-electron chi connectivity index (χ0n) is 9.74. The molecule has 1 saturated heterocycles. The number of piperazine rings is 1. The van der Waals surface area contributed by atoms with Gasteiger partial charge in [0.15, 0.2) is 5.37 Å². The van der Waals surface area contributed by atoms with E-state index in [4.69, 9.17) is 0 Å². The highest BCUT2D eigenvalue weighted by Crippen LogP contribution is 2.18. The van der Waals surface area contributed by atoms with Gasteiger partial charge in [0.05, 0.1) is 5.41 Å². The number of carbonyl (C=O) groups excluding carboxylic acids is 1. The van der Waals surface area contributed by atoms with Gasteiger partial charge in [0.1, 0.15) is 0 Å². The van der Waals surface area contributed by atoms with E-state index in [0.717, 1.165) is 0 Å². The van der Waals surface area contributed by atoms with E-state index in [1.165, 1.54) is 0 Å². The zero-order chi connectivity index (χ0) is 12.4. The van der Waals surface area contributed by atoms with Crippen molar-refractivity contribution in [2.75, 3.05) is 19.6 Å². The molecule has 1 unspecified atom stereocenters. The maximum absolute atomic E-state index is 11.7. The summed E-state index contributed by atoms with van der Waals surface area (Å²) in [6, 6.07) is 0. The molecule has 1 rings (SSSR count). The lowest BCUT2D eigenvalue weighted by atomic mass is 9.98. The average molecular weight is 250 g/mol. The molecule has 0 spiro atoms. The van der Waals surface area contributed by atoms with Gasteiger partial charge in [-0.05, 0) is 20.8 Å². The fourth-order valence-electron chi connectivity index (χ4n) is 1.12. The summed E-state index contributed by atoms with van der Waals surface area (Å²) in [5, 5.41) is 4.85. The van der Waals surface area contributed by atoms with Gasteiger partial charge in [0.25, 0.3) is 0 Å².